The Morgan fingerprint density at radius 3 is 1.95 bits per heavy atom. The molecule has 4 heteroatoms. The fourth-order valence-electron chi connectivity index (χ4n) is 4.50. The Kier molecular flexibility index (Phi) is 6.97. The number of hydrogen-bond donors (Lipinski definition) is 0. The maximum absolute atomic E-state index is 13.2. The molecule has 2 aliphatic rings. The summed E-state index contributed by atoms with van der Waals surface area (Å²) in [4.78, 5) is 13.2. The van der Waals surface area contributed by atoms with Gasteiger partial charge in [-0.05, 0) is 55.7 Å². The van der Waals surface area contributed by atoms with E-state index in [0.717, 1.165) is 33.8 Å². The highest BCUT2D eigenvalue weighted by Gasteiger charge is 2.32. The van der Waals surface area contributed by atoms with Gasteiger partial charge in [0.2, 0.25) is 0 Å². The normalized spacial score (nSPS) is 17.9. The van der Waals surface area contributed by atoms with Crippen molar-refractivity contribution in [1.82, 2.24) is 0 Å². The van der Waals surface area contributed by atoms with Crippen LogP contribution in [0.1, 0.15) is 58.6 Å². The third-order valence-electron chi connectivity index (χ3n) is 6.87. The number of benzene rings is 2. The van der Waals surface area contributed by atoms with Gasteiger partial charge in [-0.2, -0.15) is 0 Å². The second-order valence-electron chi connectivity index (χ2n) is 12.2. The lowest BCUT2D eigenvalue weighted by molar-refractivity contribution is -0.300. The zero-order valence-electron chi connectivity index (χ0n) is 23.9. The highest BCUT2D eigenvalue weighted by Crippen LogP contribution is 2.38. The van der Waals surface area contributed by atoms with Crippen LogP contribution >= 0.6 is 0 Å². The third kappa shape index (κ3) is 5.62. The summed E-state index contributed by atoms with van der Waals surface area (Å²) in [6, 6.07) is 23.8. The Morgan fingerprint density at radius 2 is 1.38 bits per heavy atom. The number of rotatable bonds is 4. The van der Waals surface area contributed by atoms with Gasteiger partial charge in [0, 0.05) is 28.2 Å². The second-order valence-corrected chi connectivity index (χ2v) is 12.2. The minimum absolute atomic E-state index is 0.107. The second kappa shape index (κ2) is 10.3. The van der Waals surface area contributed by atoms with Crippen LogP contribution in [0.15, 0.2) is 124 Å². The van der Waals surface area contributed by atoms with Gasteiger partial charge in [0.15, 0.2) is 5.78 Å². The van der Waals surface area contributed by atoms with E-state index in [9.17, 15) is 9.90 Å². The first-order valence-corrected chi connectivity index (χ1v) is 13.5. The quantitative estimate of drug-likeness (QED) is 0.253. The lowest BCUT2D eigenvalue weighted by Crippen LogP contribution is -2.29. The smallest absolute Gasteiger partial charge is 0.354 e. The Labute approximate surface area is 236 Å². The van der Waals surface area contributed by atoms with Crippen LogP contribution in [-0.4, -0.2) is 5.78 Å². The van der Waals surface area contributed by atoms with E-state index in [2.05, 4.69) is 41.5 Å². The van der Waals surface area contributed by atoms with Crippen LogP contribution < -0.4 is 5.11 Å². The summed E-state index contributed by atoms with van der Waals surface area (Å²) in [7, 11) is 0. The molecule has 0 fully saturated rings. The average molecular weight is 531 g/mol. The number of allylic oxidation sites excluding steroid dienone is 7. The molecule has 0 atom stereocenters. The fraction of sp³-hybridized carbons (Fsp3) is 0.222. The largest absolute Gasteiger partial charge is 0.871 e. The molecule has 40 heavy (non-hydrogen) atoms. The van der Waals surface area contributed by atoms with Gasteiger partial charge in [-0.1, -0.05) is 87.2 Å². The lowest BCUT2D eigenvalue weighted by atomic mass is 9.85. The van der Waals surface area contributed by atoms with Crippen molar-refractivity contribution in [2.45, 2.75) is 47.0 Å². The standard InChI is InChI=1S/C36H34O4/c1-35(2,3)31-19-25(23-13-9-7-10-14-23)17-27(39-31)21-29-33(37)30(34(29)38)22-28-18-26(24-15-11-8-12-16-24)20-32(40-28)36(4,5)6/h7-22H,1-6H3. The van der Waals surface area contributed by atoms with Crippen molar-refractivity contribution in [3.63, 3.8) is 0 Å². The summed E-state index contributed by atoms with van der Waals surface area (Å²) >= 11 is 0. The van der Waals surface area contributed by atoms with E-state index in [-0.39, 0.29) is 33.5 Å². The predicted octanol–water partition coefficient (Wildman–Crippen LogP) is 8.03. The van der Waals surface area contributed by atoms with Crippen LogP contribution in [0.25, 0.3) is 22.8 Å². The molecule has 0 N–H and O–H groups in total. The zero-order valence-corrected chi connectivity index (χ0v) is 23.9. The molecule has 0 saturated carbocycles. The van der Waals surface area contributed by atoms with Gasteiger partial charge in [0.25, 0.3) is 0 Å². The Hall–Kier alpha value is -4.44. The average Bonchev–Trinajstić information content (AvgIpc) is 2.94. The van der Waals surface area contributed by atoms with Gasteiger partial charge in [-0.3, -0.25) is 4.79 Å². The monoisotopic (exact) mass is 530 g/mol. The molecule has 3 aromatic rings. The van der Waals surface area contributed by atoms with Gasteiger partial charge in [-0.25, -0.2) is 4.42 Å². The van der Waals surface area contributed by atoms with Crippen molar-refractivity contribution in [2.24, 2.45) is 5.41 Å². The van der Waals surface area contributed by atoms with Crippen molar-refractivity contribution in [3.05, 3.63) is 137 Å². The maximum Gasteiger partial charge on any atom is 0.354 e. The number of Topliss-reactive ketones (excluding diaryl/α,β-unsaturated/α-hetero) is 1. The number of ketones is 1. The van der Waals surface area contributed by atoms with Crippen LogP contribution in [0.2, 0.25) is 0 Å². The SMILES string of the molecule is CC(C)(C)C1=CC(c2ccccc2)=C/C(=C\C2=C([O-])C(=C\c3cc(-c4ccccc4)cc(C(C)(C)C)[o+]3)/C2=O)O1. The van der Waals surface area contributed by atoms with Gasteiger partial charge in [0.1, 0.15) is 11.5 Å². The first-order valence-electron chi connectivity index (χ1n) is 13.5. The summed E-state index contributed by atoms with van der Waals surface area (Å²) in [6.07, 6.45) is 7.00. The zero-order chi connectivity index (χ0) is 28.7. The maximum atomic E-state index is 13.2. The molecule has 0 bridgehead atoms. The van der Waals surface area contributed by atoms with Crippen molar-refractivity contribution in [1.29, 1.82) is 0 Å². The number of carbonyl (C=O) groups excluding carboxylic acids is 1. The van der Waals surface area contributed by atoms with Crippen molar-refractivity contribution >= 4 is 17.4 Å². The Bertz CT molecular complexity index is 1620. The Morgan fingerprint density at radius 1 is 0.750 bits per heavy atom. The molecule has 0 radical (unpaired) electrons. The molecule has 0 unspecified atom stereocenters. The molecule has 1 aliphatic carbocycles. The molecule has 1 aromatic heterocycles. The minimum atomic E-state index is -0.319. The van der Waals surface area contributed by atoms with E-state index < -0.39 is 0 Å². The van der Waals surface area contributed by atoms with Gasteiger partial charge in [0.05, 0.1) is 17.6 Å². The number of carbonyl (C=O) groups is 1. The summed E-state index contributed by atoms with van der Waals surface area (Å²) in [6.45, 7) is 12.4. The van der Waals surface area contributed by atoms with E-state index in [1.165, 1.54) is 0 Å². The molecule has 0 spiro atoms. The first-order chi connectivity index (χ1) is 18.9. The molecule has 0 amide bonds. The minimum Gasteiger partial charge on any atom is -0.871 e. The van der Waals surface area contributed by atoms with Gasteiger partial charge < -0.3 is 9.84 Å². The van der Waals surface area contributed by atoms with Crippen LogP contribution in [0.3, 0.4) is 0 Å². The molecule has 2 aromatic carbocycles. The van der Waals surface area contributed by atoms with Crippen molar-refractivity contribution < 1.29 is 19.1 Å². The number of hydrogen-bond acceptors (Lipinski definition) is 3. The van der Waals surface area contributed by atoms with E-state index in [0.29, 0.717) is 11.5 Å². The lowest BCUT2D eigenvalue weighted by Gasteiger charge is -2.30. The van der Waals surface area contributed by atoms with Gasteiger partial charge in [-0.15, -0.1) is 0 Å². The Balaban J connectivity index is 1.53. The highest BCUT2D eigenvalue weighted by molar-refractivity contribution is 6.23. The number of ether oxygens (including phenoxy) is 1. The molecule has 2 heterocycles. The fourth-order valence-corrected chi connectivity index (χ4v) is 4.50. The van der Waals surface area contributed by atoms with Gasteiger partial charge >= 0.3 is 11.5 Å². The van der Waals surface area contributed by atoms with E-state index >= 15 is 0 Å². The first kappa shape index (κ1) is 27.1. The summed E-state index contributed by atoms with van der Waals surface area (Å²) in [5.74, 6) is 1.82. The van der Waals surface area contributed by atoms with Crippen molar-refractivity contribution in [3.8, 4) is 11.1 Å². The summed E-state index contributed by atoms with van der Waals surface area (Å²) in [5.41, 5.74) is 3.69. The van der Waals surface area contributed by atoms with E-state index in [4.69, 9.17) is 9.15 Å². The molecule has 5 rings (SSSR count). The molecule has 4 nitrogen and oxygen atoms in total. The predicted molar refractivity (Wildman–Crippen MR) is 158 cm³/mol. The van der Waals surface area contributed by atoms with Crippen molar-refractivity contribution in [2.75, 3.05) is 0 Å². The molecule has 0 saturated heterocycles. The highest BCUT2D eigenvalue weighted by atomic mass is 16.5. The van der Waals surface area contributed by atoms with Crippen LogP contribution in [0, 0.1) is 5.41 Å². The topological polar surface area (TPSA) is 60.7 Å². The van der Waals surface area contributed by atoms with Crippen LogP contribution in [0.4, 0.5) is 0 Å². The van der Waals surface area contributed by atoms with Crippen LogP contribution in [0.5, 0.6) is 0 Å². The van der Waals surface area contributed by atoms with E-state index in [1.807, 2.05) is 84.9 Å². The summed E-state index contributed by atoms with van der Waals surface area (Å²) < 4.78 is 12.3. The van der Waals surface area contributed by atoms with Crippen LogP contribution in [-0.2, 0) is 14.9 Å². The summed E-state index contributed by atoms with van der Waals surface area (Å²) in [5, 5.41) is 13.2. The third-order valence-corrected chi connectivity index (χ3v) is 6.87. The molecular formula is C36H34O4. The molecular weight excluding hydrogens is 496 g/mol. The van der Waals surface area contributed by atoms with E-state index in [1.54, 1.807) is 12.2 Å². The molecule has 1 aliphatic heterocycles. The molecule has 202 valence electrons.